The normalized spacial score (nSPS) is 23.4. The molecule has 3 rings (SSSR count). The summed E-state index contributed by atoms with van der Waals surface area (Å²) in [6.07, 6.45) is 1.49. The van der Waals surface area contributed by atoms with E-state index in [-0.39, 0.29) is 16.7 Å². The van der Waals surface area contributed by atoms with E-state index in [2.05, 4.69) is 10.5 Å². The molecule has 0 aliphatic carbocycles. The summed E-state index contributed by atoms with van der Waals surface area (Å²) in [5.74, 6) is 0.467. The second kappa shape index (κ2) is 6.81. The van der Waals surface area contributed by atoms with Crippen molar-refractivity contribution in [3.8, 4) is 0 Å². The van der Waals surface area contributed by atoms with E-state index in [1.165, 1.54) is 4.31 Å². The van der Waals surface area contributed by atoms with E-state index in [1.807, 2.05) is 0 Å². The largest absolute Gasteiger partial charge is 0.360 e. The monoisotopic (exact) mass is 356 g/mol. The Hall–Kier alpha value is -1.45. The molecule has 1 unspecified atom stereocenters. The molecule has 0 bridgehead atoms. The Morgan fingerprint density at radius 2 is 2.04 bits per heavy atom. The topological polar surface area (TPSA) is 95.8 Å². The molecular weight excluding hydrogens is 332 g/mol. The Morgan fingerprint density at radius 1 is 1.25 bits per heavy atom. The molecule has 2 aliphatic heterocycles. The quantitative estimate of drug-likeness (QED) is 0.827. The molecule has 1 aromatic heterocycles. The van der Waals surface area contributed by atoms with Crippen molar-refractivity contribution >= 4 is 15.9 Å². The number of carbonyl (C=O) groups is 1. The van der Waals surface area contributed by atoms with E-state index in [1.54, 1.807) is 18.7 Å². The number of aromatic nitrogens is 1. The van der Waals surface area contributed by atoms with Crippen molar-refractivity contribution in [3.05, 3.63) is 11.5 Å². The predicted molar refractivity (Wildman–Crippen MR) is 86.9 cm³/mol. The minimum atomic E-state index is -3.64. The van der Waals surface area contributed by atoms with E-state index in [4.69, 9.17) is 4.52 Å². The summed E-state index contributed by atoms with van der Waals surface area (Å²) in [7, 11) is -3.64. The van der Waals surface area contributed by atoms with Crippen LogP contribution in [0.1, 0.15) is 24.3 Å². The lowest BCUT2D eigenvalue weighted by molar-refractivity contribution is -0.134. The first-order valence-corrected chi connectivity index (χ1v) is 9.78. The van der Waals surface area contributed by atoms with E-state index in [9.17, 15) is 13.2 Å². The molecule has 134 valence electrons. The number of hydrogen-bond donors (Lipinski definition) is 1. The Bertz CT molecular complexity index is 690. The third-order valence-electron chi connectivity index (χ3n) is 4.74. The van der Waals surface area contributed by atoms with Crippen molar-refractivity contribution in [3.63, 3.8) is 0 Å². The minimum Gasteiger partial charge on any atom is -0.360 e. The van der Waals surface area contributed by atoms with Gasteiger partial charge < -0.3 is 14.7 Å². The summed E-state index contributed by atoms with van der Waals surface area (Å²) in [5, 5.41) is 6.94. The van der Waals surface area contributed by atoms with Crippen molar-refractivity contribution in [2.24, 2.45) is 5.92 Å². The molecule has 0 aromatic carbocycles. The SMILES string of the molecule is Cc1noc(C)c1S(=O)(=O)N1CCCN(C(=O)C2CCNC2)CC1. The van der Waals surface area contributed by atoms with Crippen LogP contribution in [0.3, 0.4) is 0 Å². The molecule has 1 N–H and O–H groups in total. The number of nitrogens with one attached hydrogen (secondary N) is 1. The van der Waals surface area contributed by atoms with Gasteiger partial charge >= 0.3 is 0 Å². The van der Waals surface area contributed by atoms with E-state index in [0.717, 1.165) is 19.5 Å². The van der Waals surface area contributed by atoms with Gasteiger partial charge in [0.15, 0.2) is 5.76 Å². The molecule has 1 atom stereocenters. The zero-order valence-corrected chi connectivity index (χ0v) is 14.9. The molecule has 1 aromatic rings. The average Bonchev–Trinajstić information content (AvgIpc) is 3.10. The van der Waals surface area contributed by atoms with Crippen molar-refractivity contribution in [2.75, 3.05) is 39.3 Å². The first kappa shape index (κ1) is 17.4. The lowest BCUT2D eigenvalue weighted by Gasteiger charge is -2.24. The summed E-state index contributed by atoms with van der Waals surface area (Å²) in [5.41, 5.74) is 0.377. The molecule has 1 amide bonds. The van der Waals surface area contributed by atoms with E-state index < -0.39 is 10.0 Å². The van der Waals surface area contributed by atoms with Crippen LogP contribution in [0.25, 0.3) is 0 Å². The van der Waals surface area contributed by atoms with Gasteiger partial charge in [0.05, 0.1) is 5.92 Å². The standard InChI is InChI=1S/C15H24N4O4S/c1-11-14(12(2)23-17-11)24(21,22)19-7-3-6-18(8-9-19)15(20)13-4-5-16-10-13/h13,16H,3-10H2,1-2H3. The minimum absolute atomic E-state index is 0.0238. The molecule has 3 heterocycles. The molecule has 9 heteroatoms. The van der Waals surface area contributed by atoms with Gasteiger partial charge in [-0.2, -0.15) is 4.31 Å². The van der Waals surface area contributed by atoms with Gasteiger partial charge in [0.25, 0.3) is 0 Å². The van der Waals surface area contributed by atoms with Crippen molar-refractivity contribution in [1.82, 2.24) is 19.7 Å². The average molecular weight is 356 g/mol. The molecule has 24 heavy (non-hydrogen) atoms. The highest BCUT2D eigenvalue weighted by Crippen LogP contribution is 2.24. The summed E-state index contributed by atoms with van der Waals surface area (Å²) < 4.78 is 32.2. The number of aryl methyl sites for hydroxylation is 2. The van der Waals surface area contributed by atoms with Crippen LogP contribution in [-0.2, 0) is 14.8 Å². The molecule has 2 fully saturated rings. The van der Waals surface area contributed by atoms with Gasteiger partial charge in [-0.15, -0.1) is 0 Å². The summed E-state index contributed by atoms with van der Waals surface area (Å²) in [4.78, 5) is 14.5. The number of nitrogens with zero attached hydrogens (tertiary/aromatic N) is 3. The zero-order chi connectivity index (χ0) is 17.3. The van der Waals surface area contributed by atoms with Crippen LogP contribution >= 0.6 is 0 Å². The maximum Gasteiger partial charge on any atom is 0.248 e. The number of sulfonamides is 1. The van der Waals surface area contributed by atoms with Gasteiger partial charge in [-0.05, 0) is 33.2 Å². The fourth-order valence-corrected chi connectivity index (χ4v) is 5.21. The van der Waals surface area contributed by atoms with Crippen LogP contribution in [-0.4, -0.2) is 68.0 Å². The third-order valence-corrected chi connectivity index (χ3v) is 6.89. The van der Waals surface area contributed by atoms with Crippen molar-refractivity contribution < 1.29 is 17.7 Å². The molecule has 8 nitrogen and oxygen atoms in total. The Kier molecular flexibility index (Phi) is 4.93. The van der Waals surface area contributed by atoms with Crippen molar-refractivity contribution in [2.45, 2.75) is 31.6 Å². The van der Waals surface area contributed by atoms with Gasteiger partial charge in [-0.3, -0.25) is 4.79 Å². The highest BCUT2D eigenvalue weighted by atomic mass is 32.2. The second-order valence-electron chi connectivity index (χ2n) is 6.43. The number of carbonyl (C=O) groups excluding carboxylic acids is 1. The first-order chi connectivity index (χ1) is 11.4. The molecule has 2 aliphatic rings. The van der Waals surface area contributed by atoms with Crippen LogP contribution in [0.15, 0.2) is 9.42 Å². The molecule has 0 radical (unpaired) electrons. The van der Waals surface area contributed by atoms with Gasteiger partial charge in [0, 0.05) is 32.7 Å². The molecule has 0 saturated carbocycles. The van der Waals surface area contributed by atoms with Gasteiger partial charge in [-0.1, -0.05) is 5.16 Å². The van der Waals surface area contributed by atoms with Crippen LogP contribution in [0.2, 0.25) is 0 Å². The Balaban J connectivity index is 1.72. The predicted octanol–water partition coefficient (Wildman–Crippen LogP) is 0.124. The van der Waals surface area contributed by atoms with E-state index in [0.29, 0.717) is 44.1 Å². The van der Waals surface area contributed by atoms with E-state index >= 15 is 0 Å². The second-order valence-corrected chi connectivity index (χ2v) is 8.30. The molecule has 2 saturated heterocycles. The Labute approximate surface area is 142 Å². The number of hydrogen-bond acceptors (Lipinski definition) is 6. The van der Waals surface area contributed by atoms with Crippen LogP contribution < -0.4 is 5.32 Å². The Morgan fingerprint density at radius 3 is 2.67 bits per heavy atom. The maximum absolute atomic E-state index is 12.9. The molecular formula is C15H24N4O4S. The molecule has 0 spiro atoms. The van der Waals surface area contributed by atoms with Gasteiger partial charge in [0.2, 0.25) is 15.9 Å². The maximum atomic E-state index is 12.9. The van der Waals surface area contributed by atoms with Crippen molar-refractivity contribution in [1.29, 1.82) is 0 Å². The van der Waals surface area contributed by atoms with Gasteiger partial charge in [0.1, 0.15) is 10.6 Å². The van der Waals surface area contributed by atoms with Gasteiger partial charge in [-0.25, -0.2) is 8.42 Å². The fraction of sp³-hybridized carbons (Fsp3) is 0.733. The number of rotatable bonds is 3. The zero-order valence-electron chi connectivity index (χ0n) is 14.1. The fourth-order valence-electron chi connectivity index (χ4n) is 3.45. The van der Waals surface area contributed by atoms with Crippen LogP contribution in [0, 0.1) is 19.8 Å². The lowest BCUT2D eigenvalue weighted by Crippen LogP contribution is -2.40. The highest BCUT2D eigenvalue weighted by Gasteiger charge is 2.34. The highest BCUT2D eigenvalue weighted by molar-refractivity contribution is 7.89. The lowest BCUT2D eigenvalue weighted by atomic mass is 10.1. The first-order valence-electron chi connectivity index (χ1n) is 8.34. The smallest absolute Gasteiger partial charge is 0.248 e. The summed E-state index contributed by atoms with van der Waals surface area (Å²) in [6, 6.07) is 0. The van der Waals surface area contributed by atoms with Crippen LogP contribution in [0.4, 0.5) is 0 Å². The summed E-state index contributed by atoms with van der Waals surface area (Å²) >= 11 is 0. The third kappa shape index (κ3) is 3.20. The number of amides is 1. The van der Waals surface area contributed by atoms with Crippen LogP contribution in [0.5, 0.6) is 0 Å². The summed E-state index contributed by atoms with van der Waals surface area (Å²) in [6.45, 7) is 6.56.